The summed E-state index contributed by atoms with van der Waals surface area (Å²) in [5.41, 5.74) is 1.34. The van der Waals surface area contributed by atoms with Crippen LogP contribution in [-0.2, 0) is 6.54 Å². The van der Waals surface area contributed by atoms with Crippen LogP contribution in [0.1, 0.15) is 5.56 Å². The van der Waals surface area contributed by atoms with Crippen molar-refractivity contribution in [1.82, 2.24) is 4.90 Å². The van der Waals surface area contributed by atoms with E-state index in [1.807, 2.05) is 16.9 Å². The predicted molar refractivity (Wildman–Crippen MR) is 69.5 cm³/mol. The van der Waals surface area contributed by atoms with E-state index in [9.17, 15) is 0 Å². The molecule has 0 bridgehead atoms. The first kappa shape index (κ1) is 10.3. The highest BCUT2D eigenvalue weighted by molar-refractivity contribution is 8.83. The van der Waals surface area contributed by atoms with Gasteiger partial charge in [0.2, 0.25) is 0 Å². The maximum atomic E-state index is 5.29. The van der Waals surface area contributed by atoms with Gasteiger partial charge in [-0.15, -0.1) is 0 Å². The third-order valence-electron chi connectivity index (χ3n) is 2.05. The van der Waals surface area contributed by atoms with Crippen molar-refractivity contribution in [3.05, 3.63) is 35.9 Å². The maximum Gasteiger partial charge on any atom is 0.147 e. The molecule has 1 heterocycles. The lowest BCUT2D eigenvalue weighted by Gasteiger charge is -2.27. The van der Waals surface area contributed by atoms with Crippen LogP contribution in [0.4, 0.5) is 0 Å². The zero-order chi connectivity index (χ0) is 9.80. The Morgan fingerprint density at radius 1 is 1.29 bits per heavy atom. The molecular weight excluding hydrogens is 230 g/mol. The average molecular weight is 241 g/mol. The lowest BCUT2D eigenvalue weighted by Crippen LogP contribution is -2.31. The molecule has 1 aromatic carbocycles. The van der Waals surface area contributed by atoms with Gasteiger partial charge < -0.3 is 4.90 Å². The zero-order valence-corrected chi connectivity index (χ0v) is 10.1. The summed E-state index contributed by atoms with van der Waals surface area (Å²) in [6, 6.07) is 10.5. The fourth-order valence-electron chi connectivity index (χ4n) is 1.33. The molecule has 1 saturated heterocycles. The molecule has 0 N–H and O–H groups in total. The summed E-state index contributed by atoms with van der Waals surface area (Å²) in [6.45, 7) is 2.03. The van der Waals surface area contributed by atoms with E-state index in [0.29, 0.717) is 0 Å². The number of thiocarbonyl (C=S) groups is 1. The molecule has 14 heavy (non-hydrogen) atoms. The molecule has 1 aliphatic heterocycles. The summed E-state index contributed by atoms with van der Waals surface area (Å²) in [6.07, 6.45) is 0. The minimum Gasteiger partial charge on any atom is -0.352 e. The number of benzene rings is 1. The van der Waals surface area contributed by atoms with E-state index in [1.54, 1.807) is 10.8 Å². The van der Waals surface area contributed by atoms with Gasteiger partial charge in [0.1, 0.15) is 4.32 Å². The predicted octanol–water partition coefficient (Wildman–Crippen LogP) is 3.17. The Hall–Kier alpha value is -0.190. The van der Waals surface area contributed by atoms with Crippen molar-refractivity contribution >= 4 is 38.1 Å². The molecule has 0 spiro atoms. The second kappa shape index (κ2) is 5.05. The van der Waals surface area contributed by atoms with Gasteiger partial charge in [0, 0.05) is 18.8 Å². The van der Waals surface area contributed by atoms with E-state index in [2.05, 4.69) is 29.2 Å². The lowest BCUT2D eigenvalue weighted by molar-refractivity contribution is 0.454. The first-order chi connectivity index (χ1) is 6.86. The van der Waals surface area contributed by atoms with E-state index in [-0.39, 0.29) is 0 Å². The van der Waals surface area contributed by atoms with Crippen LogP contribution in [0.25, 0.3) is 0 Å². The number of hydrogen-bond acceptors (Lipinski definition) is 3. The Morgan fingerprint density at radius 3 is 2.79 bits per heavy atom. The molecule has 0 saturated carbocycles. The topological polar surface area (TPSA) is 3.24 Å². The van der Waals surface area contributed by atoms with Gasteiger partial charge in [-0.05, 0) is 16.4 Å². The molecule has 1 fully saturated rings. The van der Waals surface area contributed by atoms with Crippen molar-refractivity contribution in [2.75, 3.05) is 12.3 Å². The Morgan fingerprint density at radius 2 is 2.07 bits per heavy atom. The largest absolute Gasteiger partial charge is 0.352 e. The molecule has 1 aliphatic rings. The zero-order valence-electron chi connectivity index (χ0n) is 7.68. The SMILES string of the molecule is S=C1SSCCN1Cc1ccccc1. The molecule has 0 atom stereocenters. The van der Waals surface area contributed by atoms with Crippen LogP contribution in [0.15, 0.2) is 30.3 Å². The van der Waals surface area contributed by atoms with Gasteiger partial charge in [0.25, 0.3) is 0 Å². The summed E-state index contributed by atoms with van der Waals surface area (Å²) >= 11 is 5.29. The van der Waals surface area contributed by atoms with Crippen molar-refractivity contribution in [3.8, 4) is 0 Å². The molecule has 74 valence electrons. The molecule has 0 aliphatic carbocycles. The molecular formula is C10H11NS3. The molecule has 0 amide bonds. The Kier molecular flexibility index (Phi) is 3.73. The van der Waals surface area contributed by atoms with Crippen LogP contribution >= 0.6 is 33.8 Å². The van der Waals surface area contributed by atoms with Gasteiger partial charge in [0.05, 0.1) is 0 Å². The molecule has 0 aromatic heterocycles. The molecule has 2 rings (SSSR count). The number of hydrogen-bond donors (Lipinski definition) is 0. The second-order valence-corrected chi connectivity index (χ2v) is 6.13. The normalized spacial score (nSPS) is 17.1. The Balaban J connectivity index is 2.00. The van der Waals surface area contributed by atoms with E-state index in [4.69, 9.17) is 12.2 Å². The van der Waals surface area contributed by atoms with Gasteiger partial charge in [-0.1, -0.05) is 53.3 Å². The number of rotatable bonds is 2. The highest BCUT2D eigenvalue weighted by atomic mass is 33.1. The van der Waals surface area contributed by atoms with Crippen LogP contribution < -0.4 is 0 Å². The highest BCUT2D eigenvalue weighted by Gasteiger charge is 2.15. The lowest BCUT2D eigenvalue weighted by atomic mass is 10.2. The minimum atomic E-state index is 0.952. The molecule has 1 nitrogen and oxygen atoms in total. The van der Waals surface area contributed by atoms with Crippen molar-refractivity contribution < 1.29 is 0 Å². The van der Waals surface area contributed by atoms with Crippen molar-refractivity contribution in [1.29, 1.82) is 0 Å². The summed E-state index contributed by atoms with van der Waals surface area (Å²) in [7, 11) is 3.57. The Labute approximate surface area is 97.7 Å². The van der Waals surface area contributed by atoms with Crippen LogP contribution in [0.5, 0.6) is 0 Å². The molecule has 1 aromatic rings. The quantitative estimate of drug-likeness (QED) is 0.577. The number of nitrogens with zero attached hydrogens (tertiary/aromatic N) is 1. The first-order valence-electron chi connectivity index (χ1n) is 4.48. The van der Waals surface area contributed by atoms with Crippen molar-refractivity contribution in [3.63, 3.8) is 0 Å². The van der Waals surface area contributed by atoms with Crippen molar-refractivity contribution in [2.45, 2.75) is 6.54 Å². The van der Waals surface area contributed by atoms with E-state index >= 15 is 0 Å². The fourth-order valence-corrected chi connectivity index (χ4v) is 3.75. The molecule has 0 unspecified atom stereocenters. The van der Waals surface area contributed by atoms with Crippen LogP contribution in [-0.4, -0.2) is 21.5 Å². The fraction of sp³-hybridized carbons (Fsp3) is 0.300. The third kappa shape index (κ3) is 2.65. The smallest absolute Gasteiger partial charge is 0.147 e. The maximum absolute atomic E-state index is 5.29. The van der Waals surface area contributed by atoms with Crippen molar-refractivity contribution in [2.24, 2.45) is 0 Å². The van der Waals surface area contributed by atoms with Gasteiger partial charge >= 0.3 is 0 Å². The highest BCUT2D eigenvalue weighted by Crippen LogP contribution is 2.30. The van der Waals surface area contributed by atoms with E-state index < -0.39 is 0 Å². The standard InChI is InChI=1S/C10H11NS3/c12-10-11(6-7-13-14-10)8-9-4-2-1-3-5-9/h1-5H,6-8H2. The minimum absolute atomic E-state index is 0.952. The Bertz CT molecular complexity index is 312. The van der Waals surface area contributed by atoms with Crippen LogP contribution in [0, 0.1) is 0 Å². The molecule has 4 heteroatoms. The summed E-state index contributed by atoms with van der Waals surface area (Å²) < 4.78 is 1.02. The van der Waals surface area contributed by atoms with Gasteiger partial charge in [-0.2, -0.15) is 0 Å². The summed E-state index contributed by atoms with van der Waals surface area (Å²) in [4.78, 5) is 2.27. The second-order valence-electron chi connectivity index (χ2n) is 3.08. The van der Waals surface area contributed by atoms with Gasteiger partial charge in [-0.3, -0.25) is 0 Å². The van der Waals surface area contributed by atoms with Gasteiger partial charge in [-0.25, -0.2) is 0 Å². The summed E-state index contributed by atoms with van der Waals surface area (Å²) in [5.74, 6) is 1.16. The monoisotopic (exact) mass is 241 g/mol. The summed E-state index contributed by atoms with van der Waals surface area (Å²) in [5, 5.41) is 0. The molecule has 0 radical (unpaired) electrons. The van der Waals surface area contributed by atoms with E-state index in [1.165, 1.54) is 5.56 Å². The van der Waals surface area contributed by atoms with E-state index in [0.717, 1.165) is 23.2 Å². The third-order valence-corrected chi connectivity index (χ3v) is 5.07. The van der Waals surface area contributed by atoms with Crippen LogP contribution in [0.3, 0.4) is 0 Å². The van der Waals surface area contributed by atoms with Gasteiger partial charge in [0.15, 0.2) is 0 Å². The van der Waals surface area contributed by atoms with Crippen LogP contribution in [0.2, 0.25) is 0 Å². The first-order valence-corrected chi connectivity index (χ1v) is 7.21. The average Bonchev–Trinajstić information content (AvgIpc) is 2.23.